The molecule has 0 aliphatic rings. The third-order valence-corrected chi connectivity index (χ3v) is 4.92. The molecule has 2 aromatic heterocycles. The first kappa shape index (κ1) is 15.4. The lowest BCUT2D eigenvalue weighted by Gasteiger charge is -2.10. The Bertz CT molecular complexity index is 1060. The fourth-order valence-electron chi connectivity index (χ4n) is 2.57. The van der Waals surface area contributed by atoms with Crippen LogP contribution in [0.5, 0.6) is 5.75 Å². The molecule has 0 aliphatic carbocycles. The standard InChI is InChI=1S/C16H16N2O4S/c1-18-7-6-11-13(9-17-15(11)16(18)19)12-8-10(23(3,20)21)4-5-14(12)22-2/h4-9,17H,1-3H3. The molecule has 0 saturated heterocycles. The molecule has 0 radical (unpaired) electrons. The summed E-state index contributed by atoms with van der Waals surface area (Å²) in [6.45, 7) is 0. The van der Waals surface area contributed by atoms with E-state index < -0.39 is 9.84 Å². The van der Waals surface area contributed by atoms with Crippen LogP contribution in [0.2, 0.25) is 0 Å². The summed E-state index contributed by atoms with van der Waals surface area (Å²) in [5.74, 6) is 0.541. The number of pyridine rings is 1. The number of methoxy groups -OCH3 is 1. The van der Waals surface area contributed by atoms with Gasteiger partial charge in [0.25, 0.3) is 5.56 Å². The Hall–Kier alpha value is -2.54. The normalized spacial score (nSPS) is 11.8. The summed E-state index contributed by atoms with van der Waals surface area (Å²) in [7, 11) is -0.147. The third kappa shape index (κ3) is 2.53. The number of nitrogens with one attached hydrogen (secondary N) is 1. The van der Waals surface area contributed by atoms with Gasteiger partial charge in [-0.15, -0.1) is 0 Å². The van der Waals surface area contributed by atoms with Crippen molar-refractivity contribution in [3.63, 3.8) is 0 Å². The van der Waals surface area contributed by atoms with Gasteiger partial charge in [0.15, 0.2) is 9.84 Å². The zero-order valence-corrected chi connectivity index (χ0v) is 13.8. The molecule has 7 heteroatoms. The molecule has 0 unspecified atom stereocenters. The fraction of sp³-hybridized carbons (Fsp3) is 0.188. The maximum atomic E-state index is 12.2. The van der Waals surface area contributed by atoms with Crippen molar-refractivity contribution in [3.8, 4) is 16.9 Å². The Balaban J connectivity index is 2.34. The Morgan fingerprint density at radius 2 is 1.91 bits per heavy atom. The van der Waals surface area contributed by atoms with Crippen molar-refractivity contribution in [2.24, 2.45) is 7.05 Å². The van der Waals surface area contributed by atoms with Crippen LogP contribution in [0.3, 0.4) is 0 Å². The first-order chi connectivity index (χ1) is 10.8. The maximum Gasteiger partial charge on any atom is 0.274 e. The Morgan fingerprint density at radius 1 is 1.17 bits per heavy atom. The summed E-state index contributed by atoms with van der Waals surface area (Å²) in [6.07, 6.45) is 4.52. The van der Waals surface area contributed by atoms with Gasteiger partial charge in [0.05, 0.1) is 12.0 Å². The summed E-state index contributed by atoms with van der Waals surface area (Å²) in [5, 5.41) is 0.719. The molecule has 0 spiro atoms. The number of aromatic nitrogens is 2. The van der Waals surface area contributed by atoms with Crippen molar-refractivity contribution in [3.05, 3.63) is 47.0 Å². The van der Waals surface area contributed by atoms with Crippen LogP contribution in [0.4, 0.5) is 0 Å². The molecule has 0 amide bonds. The van der Waals surface area contributed by atoms with Crippen LogP contribution >= 0.6 is 0 Å². The number of sulfone groups is 1. The Labute approximate surface area is 133 Å². The average Bonchev–Trinajstić information content (AvgIpc) is 2.94. The molecule has 0 aliphatic heterocycles. The largest absolute Gasteiger partial charge is 0.496 e. The summed E-state index contributed by atoms with van der Waals surface area (Å²) >= 11 is 0. The first-order valence-electron chi connectivity index (χ1n) is 6.88. The van der Waals surface area contributed by atoms with Crippen LogP contribution in [-0.4, -0.2) is 31.3 Å². The highest BCUT2D eigenvalue weighted by Gasteiger charge is 2.16. The van der Waals surface area contributed by atoms with Gasteiger partial charge >= 0.3 is 0 Å². The molecule has 0 saturated carbocycles. The molecule has 0 bridgehead atoms. The predicted molar refractivity (Wildman–Crippen MR) is 88.6 cm³/mol. The number of rotatable bonds is 3. The second kappa shape index (κ2) is 5.27. The maximum absolute atomic E-state index is 12.2. The highest BCUT2D eigenvalue weighted by molar-refractivity contribution is 7.90. The van der Waals surface area contributed by atoms with E-state index in [1.807, 2.05) is 6.07 Å². The SMILES string of the molecule is COc1ccc(S(C)(=O)=O)cc1-c1c[nH]c2c(=O)n(C)ccc12. The molecule has 0 atom stereocenters. The van der Waals surface area contributed by atoms with E-state index in [-0.39, 0.29) is 10.5 Å². The van der Waals surface area contributed by atoms with Crippen molar-refractivity contribution in [2.45, 2.75) is 4.90 Å². The van der Waals surface area contributed by atoms with Gasteiger partial charge in [-0.25, -0.2) is 8.42 Å². The number of hydrogen-bond acceptors (Lipinski definition) is 4. The topological polar surface area (TPSA) is 81.2 Å². The molecule has 3 aromatic rings. The number of aromatic amines is 1. The van der Waals surface area contributed by atoms with E-state index in [1.165, 1.54) is 17.7 Å². The van der Waals surface area contributed by atoms with Crippen molar-refractivity contribution in [1.29, 1.82) is 0 Å². The average molecular weight is 332 g/mol. The zero-order chi connectivity index (χ0) is 16.8. The minimum absolute atomic E-state index is 0.146. The minimum atomic E-state index is -3.34. The van der Waals surface area contributed by atoms with E-state index in [1.54, 1.807) is 31.6 Å². The summed E-state index contributed by atoms with van der Waals surface area (Å²) in [4.78, 5) is 15.3. The number of ether oxygens (including phenoxy) is 1. The molecule has 3 rings (SSSR count). The van der Waals surface area contributed by atoms with Gasteiger partial charge in [0, 0.05) is 42.2 Å². The van der Waals surface area contributed by atoms with Crippen molar-refractivity contribution in [2.75, 3.05) is 13.4 Å². The number of hydrogen-bond donors (Lipinski definition) is 1. The van der Waals surface area contributed by atoms with E-state index in [9.17, 15) is 13.2 Å². The highest BCUT2D eigenvalue weighted by atomic mass is 32.2. The zero-order valence-electron chi connectivity index (χ0n) is 13.0. The smallest absolute Gasteiger partial charge is 0.274 e. The van der Waals surface area contributed by atoms with Crippen LogP contribution in [0, 0.1) is 0 Å². The van der Waals surface area contributed by atoms with Gasteiger partial charge in [-0.1, -0.05) is 0 Å². The molecule has 6 nitrogen and oxygen atoms in total. The monoisotopic (exact) mass is 332 g/mol. The third-order valence-electron chi connectivity index (χ3n) is 3.81. The van der Waals surface area contributed by atoms with Crippen LogP contribution in [0.25, 0.3) is 22.0 Å². The Kier molecular flexibility index (Phi) is 3.52. The van der Waals surface area contributed by atoms with E-state index in [4.69, 9.17) is 4.74 Å². The van der Waals surface area contributed by atoms with Crippen molar-refractivity contribution in [1.82, 2.24) is 9.55 Å². The summed E-state index contributed by atoms with van der Waals surface area (Å²) < 4.78 is 30.5. The first-order valence-corrected chi connectivity index (χ1v) is 8.77. The molecule has 1 aromatic carbocycles. The molecular weight excluding hydrogens is 316 g/mol. The second-order valence-electron chi connectivity index (χ2n) is 5.36. The number of aryl methyl sites for hydroxylation is 1. The van der Waals surface area contributed by atoms with Crippen molar-refractivity contribution < 1.29 is 13.2 Å². The van der Waals surface area contributed by atoms with E-state index in [0.717, 1.165) is 17.2 Å². The van der Waals surface area contributed by atoms with Crippen LogP contribution < -0.4 is 10.3 Å². The molecular formula is C16H16N2O4S. The van der Waals surface area contributed by atoms with E-state index in [2.05, 4.69) is 4.98 Å². The molecule has 2 heterocycles. The highest BCUT2D eigenvalue weighted by Crippen LogP contribution is 2.35. The van der Waals surface area contributed by atoms with Crippen LogP contribution in [0.1, 0.15) is 0 Å². The lowest BCUT2D eigenvalue weighted by atomic mass is 10.0. The lowest BCUT2D eigenvalue weighted by Crippen LogP contribution is -2.15. The van der Waals surface area contributed by atoms with Gasteiger partial charge < -0.3 is 14.3 Å². The quantitative estimate of drug-likeness (QED) is 0.795. The van der Waals surface area contributed by atoms with Crippen LogP contribution in [-0.2, 0) is 16.9 Å². The molecule has 1 N–H and O–H groups in total. The molecule has 120 valence electrons. The van der Waals surface area contributed by atoms with Crippen molar-refractivity contribution >= 4 is 20.7 Å². The van der Waals surface area contributed by atoms with Crippen LogP contribution in [0.15, 0.2) is 46.3 Å². The molecule has 23 heavy (non-hydrogen) atoms. The fourth-order valence-corrected chi connectivity index (χ4v) is 3.21. The van der Waals surface area contributed by atoms with Gasteiger partial charge in [-0.05, 0) is 24.3 Å². The van der Waals surface area contributed by atoms with E-state index >= 15 is 0 Å². The summed E-state index contributed by atoms with van der Waals surface area (Å²) in [6, 6.07) is 6.50. The van der Waals surface area contributed by atoms with Gasteiger partial charge in [-0.2, -0.15) is 0 Å². The predicted octanol–water partition coefficient (Wildman–Crippen LogP) is 1.95. The Morgan fingerprint density at radius 3 is 2.57 bits per heavy atom. The summed E-state index contributed by atoms with van der Waals surface area (Å²) in [5.41, 5.74) is 1.67. The van der Waals surface area contributed by atoms with E-state index in [0.29, 0.717) is 16.8 Å². The number of H-pyrrole nitrogens is 1. The second-order valence-corrected chi connectivity index (χ2v) is 7.37. The lowest BCUT2D eigenvalue weighted by molar-refractivity contribution is 0.416. The van der Waals surface area contributed by atoms with Gasteiger partial charge in [0.1, 0.15) is 11.3 Å². The van der Waals surface area contributed by atoms with Gasteiger partial charge in [-0.3, -0.25) is 4.79 Å². The minimum Gasteiger partial charge on any atom is -0.496 e. The number of benzene rings is 1. The number of fused-ring (bicyclic) bond motifs is 1. The van der Waals surface area contributed by atoms with Gasteiger partial charge in [0.2, 0.25) is 0 Å². The molecule has 0 fully saturated rings. The number of nitrogens with zero attached hydrogens (tertiary/aromatic N) is 1.